The maximum atomic E-state index is 12.0. The van der Waals surface area contributed by atoms with Crippen LogP contribution in [0.15, 0.2) is 53.3 Å². The van der Waals surface area contributed by atoms with E-state index in [0.717, 1.165) is 16.6 Å². The number of nitrogens with one attached hydrogen (secondary N) is 1. The number of fused-ring (bicyclic) bond motifs is 1. The molecule has 0 saturated heterocycles. The molecule has 0 amide bonds. The second-order valence-corrected chi connectivity index (χ2v) is 4.30. The first-order valence-electron chi connectivity index (χ1n) is 5.80. The maximum absolute atomic E-state index is 12.0. The van der Waals surface area contributed by atoms with Crippen LogP contribution in [0.3, 0.4) is 0 Å². The smallest absolute Gasteiger partial charge is 0.259 e. The molecule has 3 aromatic rings. The lowest BCUT2D eigenvalue weighted by Crippen LogP contribution is -2.09. The van der Waals surface area contributed by atoms with E-state index in [9.17, 15) is 4.79 Å². The van der Waals surface area contributed by atoms with Gasteiger partial charge in [0.1, 0.15) is 5.82 Å². The molecule has 0 unspecified atom stereocenters. The number of rotatable bonds is 1. The zero-order chi connectivity index (χ0) is 12.5. The Morgan fingerprint density at radius 1 is 1.06 bits per heavy atom. The number of hydrogen-bond acceptors (Lipinski definition) is 2. The molecule has 0 bridgehead atoms. The second kappa shape index (κ2) is 4.11. The van der Waals surface area contributed by atoms with E-state index in [1.807, 2.05) is 55.5 Å². The van der Waals surface area contributed by atoms with Crippen molar-refractivity contribution in [3.05, 3.63) is 64.4 Å². The molecule has 0 aliphatic carbocycles. The van der Waals surface area contributed by atoms with E-state index < -0.39 is 0 Å². The fourth-order valence-corrected chi connectivity index (χ4v) is 1.99. The molecule has 18 heavy (non-hydrogen) atoms. The minimum Gasteiger partial charge on any atom is -0.306 e. The molecular weight excluding hydrogens is 224 g/mol. The van der Waals surface area contributed by atoms with Gasteiger partial charge in [0.25, 0.3) is 5.56 Å². The van der Waals surface area contributed by atoms with Crippen LogP contribution in [0.2, 0.25) is 0 Å². The molecule has 0 aliphatic heterocycles. The zero-order valence-electron chi connectivity index (χ0n) is 9.97. The van der Waals surface area contributed by atoms with Crippen LogP contribution in [0.25, 0.3) is 22.3 Å². The van der Waals surface area contributed by atoms with Crippen molar-refractivity contribution in [1.29, 1.82) is 0 Å². The summed E-state index contributed by atoms with van der Waals surface area (Å²) in [5, 5.41) is 0.634. The first kappa shape index (κ1) is 10.7. The summed E-state index contributed by atoms with van der Waals surface area (Å²) in [7, 11) is 0. The summed E-state index contributed by atoms with van der Waals surface area (Å²) in [6.45, 7) is 1.96. The number of nitrogens with zero attached hydrogens (tertiary/aromatic N) is 1. The van der Waals surface area contributed by atoms with E-state index in [1.165, 1.54) is 0 Å². The summed E-state index contributed by atoms with van der Waals surface area (Å²) >= 11 is 0. The number of benzene rings is 2. The Balaban J connectivity index is 2.29. The van der Waals surface area contributed by atoms with Gasteiger partial charge in [-0.05, 0) is 19.1 Å². The highest BCUT2D eigenvalue weighted by Gasteiger charge is 2.05. The monoisotopic (exact) mass is 236 g/mol. The van der Waals surface area contributed by atoms with Gasteiger partial charge in [0, 0.05) is 5.56 Å². The molecule has 3 rings (SSSR count). The molecule has 0 atom stereocenters. The Hall–Kier alpha value is -2.42. The number of H-pyrrole nitrogens is 1. The Labute approximate surface area is 104 Å². The molecule has 1 N–H and O–H groups in total. The van der Waals surface area contributed by atoms with Gasteiger partial charge >= 0.3 is 0 Å². The van der Waals surface area contributed by atoms with E-state index in [4.69, 9.17) is 0 Å². The van der Waals surface area contributed by atoms with Gasteiger partial charge in [0.15, 0.2) is 0 Å². The molecule has 88 valence electrons. The Morgan fingerprint density at radius 2 is 1.83 bits per heavy atom. The first-order valence-corrected chi connectivity index (χ1v) is 5.80. The van der Waals surface area contributed by atoms with Crippen molar-refractivity contribution in [3.63, 3.8) is 0 Å². The van der Waals surface area contributed by atoms with Gasteiger partial charge in [-0.2, -0.15) is 0 Å². The average molecular weight is 236 g/mol. The average Bonchev–Trinajstić information content (AvgIpc) is 2.40. The fraction of sp³-hybridized carbons (Fsp3) is 0.0667. The number of hydrogen-bond donors (Lipinski definition) is 1. The lowest BCUT2D eigenvalue weighted by atomic mass is 10.1. The molecule has 1 aromatic heterocycles. The number of aryl methyl sites for hydroxylation is 1. The third-order valence-corrected chi connectivity index (χ3v) is 2.91. The SMILES string of the molecule is Cc1ccc2nc(-c3ccccc3)[nH]c(=O)c2c1. The molecule has 0 radical (unpaired) electrons. The Kier molecular flexibility index (Phi) is 2.45. The topological polar surface area (TPSA) is 45.8 Å². The summed E-state index contributed by atoms with van der Waals surface area (Å²) < 4.78 is 0. The van der Waals surface area contributed by atoms with Crippen LogP contribution in [-0.4, -0.2) is 9.97 Å². The van der Waals surface area contributed by atoms with Gasteiger partial charge in [-0.15, -0.1) is 0 Å². The summed E-state index contributed by atoms with van der Waals surface area (Å²) in [6.07, 6.45) is 0. The lowest BCUT2D eigenvalue weighted by Gasteiger charge is -2.03. The third-order valence-electron chi connectivity index (χ3n) is 2.91. The first-order chi connectivity index (χ1) is 8.74. The highest BCUT2D eigenvalue weighted by molar-refractivity contribution is 5.80. The van der Waals surface area contributed by atoms with Crippen molar-refractivity contribution in [2.75, 3.05) is 0 Å². The van der Waals surface area contributed by atoms with Crippen LogP contribution in [0.4, 0.5) is 0 Å². The third kappa shape index (κ3) is 1.80. The van der Waals surface area contributed by atoms with E-state index in [2.05, 4.69) is 9.97 Å². The molecule has 0 saturated carbocycles. The highest BCUT2D eigenvalue weighted by atomic mass is 16.1. The van der Waals surface area contributed by atoms with Crippen molar-refractivity contribution in [2.45, 2.75) is 6.92 Å². The van der Waals surface area contributed by atoms with Gasteiger partial charge < -0.3 is 4.98 Å². The molecule has 3 nitrogen and oxygen atoms in total. The molecule has 0 fully saturated rings. The summed E-state index contributed by atoms with van der Waals surface area (Å²) in [5.41, 5.74) is 2.60. The fourth-order valence-electron chi connectivity index (χ4n) is 1.99. The Morgan fingerprint density at radius 3 is 2.61 bits per heavy atom. The molecule has 0 aliphatic rings. The lowest BCUT2D eigenvalue weighted by molar-refractivity contribution is 1.18. The number of aromatic amines is 1. The van der Waals surface area contributed by atoms with Crippen molar-refractivity contribution >= 4 is 10.9 Å². The molecular formula is C15H12N2O. The summed E-state index contributed by atoms with van der Waals surface area (Å²) in [5.74, 6) is 0.608. The molecule has 0 spiro atoms. The van der Waals surface area contributed by atoms with Crippen molar-refractivity contribution < 1.29 is 0 Å². The van der Waals surface area contributed by atoms with E-state index in [1.54, 1.807) is 0 Å². The van der Waals surface area contributed by atoms with Crippen LogP contribution in [0.5, 0.6) is 0 Å². The standard InChI is InChI=1S/C15H12N2O/c1-10-7-8-13-12(9-10)15(18)17-14(16-13)11-5-3-2-4-6-11/h2-9H,1H3,(H,16,17,18). The van der Waals surface area contributed by atoms with Gasteiger partial charge in [0.05, 0.1) is 10.9 Å². The zero-order valence-corrected chi connectivity index (χ0v) is 9.97. The van der Waals surface area contributed by atoms with E-state index in [-0.39, 0.29) is 5.56 Å². The van der Waals surface area contributed by atoms with E-state index in [0.29, 0.717) is 11.2 Å². The van der Waals surface area contributed by atoms with Crippen LogP contribution < -0.4 is 5.56 Å². The highest BCUT2D eigenvalue weighted by Crippen LogP contribution is 2.16. The van der Waals surface area contributed by atoms with Crippen LogP contribution >= 0.6 is 0 Å². The van der Waals surface area contributed by atoms with Crippen LogP contribution in [-0.2, 0) is 0 Å². The van der Waals surface area contributed by atoms with Crippen molar-refractivity contribution in [2.24, 2.45) is 0 Å². The largest absolute Gasteiger partial charge is 0.306 e. The Bertz CT molecular complexity index is 760. The molecule has 1 heterocycles. The van der Waals surface area contributed by atoms with Gasteiger partial charge in [-0.25, -0.2) is 4.98 Å². The minimum atomic E-state index is -0.0949. The number of aromatic nitrogens is 2. The van der Waals surface area contributed by atoms with Gasteiger partial charge in [-0.1, -0.05) is 42.0 Å². The van der Waals surface area contributed by atoms with Gasteiger partial charge in [-0.3, -0.25) is 4.79 Å². The van der Waals surface area contributed by atoms with Crippen LogP contribution in [0, 0.1) is 6.92 Å². The molecule has 2 aromatic carbocycles. The quantitative estimate of drug-likeness (QED) is 0.706. The summed E-state index contributed by atoms with van der Waals surface area (Å²) in [4.78, 5) is 19.3. The maximum Gasteiger partial charge on any atom is 0.259 e. The summed E-state index contributed by atoms with van der Waals surface area (Å²) in [6, 6.07) is 15.3. The van der Waals surface area contributed by atoms with Gasteiger partial charge in [0.2, 0.25) is 0 Å². The predicted molar refractivity (Wildman–Crippen MR) is 72.5 cm³/mol. The van der Waals surface area contributed by atoms with E-state index >= 15 is 0 Å². The normalized spacial score (nSPS) is 10.7. The minimum absolute atomic E-state index is 0.0949. The van der Waals surface area contributed by atoms with Crippen molar-refractivity contribution in [3.8, 4) is 11.4 Å². The molecule has 3 heteroatoms. The van der Waals surface area contributed by atoms with Crippen molar-refractivity contribution in [1.82, 2.24) is 9.97 Å². The predicted octanol–water partition coefficient (Wildman–Crippen LogP) is 2.90. The second-order valence-electron chi connectivity index (χ2n) is 4.30. The van der Waals surface area contributed by atoms with Crippen LogP contribution in [0.1, 0.15) is 5.56 Å².